The van der Waals surface area contributed by atoms with Crippen molar-refractivity contribution in [3.8, 4) is 0 Å². The first kappa shape index (κ1) is 14.2. The Morgan fingerprint density at radius 1 is 1.53 bits per heavy atom. The maximum atomic E-state index is 12.2. The van der Waals surface area contributed by atoms with Crippen LogP contribution in [0.3, 0.4) is 0 Å². The molecule has 3 nitrogen and oxygen atoms in total. The van der Waals surface area contributed by atoms with Crippen LogP contribution in [-0.2, 0) is 4.79 Å². The summed E-state index contributed by atoms with van der Waals surface area (Å²) in [4.78, 5) is 9.85. The molecule has 1 unspecified atom stereocenters. The molecule has 0 saturated carbocycles. The highest BCUT2D eigenvalue weighted by Gasteiger charge is 2.33. The quantitative estimate of drug-likeness (QED) is 0.282. The molecule has 0 rings (SSSR count). The van der Waals surface area contributed by atoms with Gasteiger partial charge in [0, 0.05) is 7.05 Å². The summed E-state index contributed by atoms with van der Waals surface area (Å²) in [6.07, 6.45) is -4.19. The van der Waals surface area contributed by atoms with Gasteiger partial charge in [0.05, 0.1) is 16.1 Å². The largest absolute Gasteiger partial charge is 0.419 e. The average Bonchev–Trinajstić information content (AvgIpc) is 2.09. The number of aldehydes is 1. The van der Waals surface area contributed by atoms with Gasteiger partial charge in [-0.3, -0.25) is 4.79 Å². The molecule has 0 aliphatic carbocycles. The number of halogens is 4. The molecule has 0 aromatic rings. The number of hydrogen-bond acceptors (Lipinski definition) is 3. The minimum atomic E-state index is -4.65. The number of nitrogens with zero attached hydrogens (tertiary/aromatic N) is 1. The molecule has 1 atom stereocenters. The number of rotatable bonds is 4. The fourth-order valence-corrected chi connectivity index (χ4v) is 0.942. The van der Waals surface area contributed by atoms with E-state index in [4.69, 9.17) is 0 Å². The van der Waals surface area contributed by atoms with E-state index in [2.05, 4.69) is 26.5 Å². The minimum Gasteiger partial charge on any atom is -0.313 e. The second kappa shape index (κ2) is 5.89. The number of carbonyl (C=O) groups excluding carboxylic acids is 1. The van der Waals surface area contributed by atoms with Gasteiger partial charge in [0.2, 0.25) is 0 Å². The summed E-state index contributed by atoms with van der Waals surface area (Å²) in [5.74, 6) is 0. The molecule has 0 aliphatic rings. The van der Waals surface area contributed by atoms with Gasteiger partial charge in [0.15, 0.2) is 6.29 Å². The van der Waals surface area contributed by atoms with Gasteiger partial charge in [-0.2, -0.15) is 18.3 Å². The number of carbonyl (C=O) groups is 1. The lowest BCUT2D eigenvalue weighted by atomic mass is 10.2. The fourth-order valence-electron chi connectivity index (χ4n) is 0.707. The Morgan fingerprint density at radius 2 is 2.07 bits per heavy atom. The van der Waals surface area contributed by atoms with Crippen molar-refractivity contribution in [1.82, 2.24) is 5.43 Å². The van der Waals surface area contributed by atoms with E-state index in [-0.39, 0.29) is 16.8 Å². The normalized spacial score (nSPS) is 16.1. The number of nitrogens with one attached hydrogen (secondary N) is 1. The smallest absolute Gasteiger partial charge is 0.313 e. The van der Waals surface area contributed by atoms with E-state index in [0.29, 0.717) is 6.08 Å². The fraction of sp³-hybridized carbons (Fsp3) is 0.500. The van der Waals surface area contributed by atoms with Gasteiger partial charge in [-0.15, -0.1) is 0 Å². The monoisotopic (exact) mass is 286 g/mol. The van der Waals surface area contributed by atoms with Gasteiger partial charge >= 0.3 is 6.18 Å². The van der Waals surface area contributed by atoms with E-state index in [1.54, 1.807) is 6.92 Å². The first-order valence-electron chi connectivity index (χ1n) is 3.95. The van der Waals surface area contributed by atoms with Crippen LogP contribution in [0.4, 0.5) is 13.2 Å². The predicted molar refractivity (Wildman–Crippen MR) is 55.1 cm³/mol. The maximum absolute atomic E-state index is 12.2. The summed E-state index contributed by atoms with van der Waals surface area (Å²) < 4.78 is 36.6. The summed E-state index contributed by atoms with van der Waals surface area (Å²) in [6.45, 7) is 1.60. The highest BCUT2D eigenvalue weighted by Crippen LogP contribution is 2.24. The average molecular weight is 287 g/mol. The third-order valence-electron chi connectivity index (χ3n) is 1.41. The first-order chi connectivity index (χ1) is 6.82. The van der Waals surface area contributed by atoms with Crippen molar-refractivity contribution in [3.63, 3.8) is 0 Å². The number of hydrazone groups is 1. The van der Waals surface area contributed by atoms with Crippen LogP contribution in [0, 0.1) is 0 Å². The molecule has 86 valence electrons. The van der Waals surface area contributed by atoms with E-state index in [9.17, 15) is 18.0 Å². The molecule has 0 aromatic carbocycles. The van der Waals surface area contributed by atoms with Crippen molar-refractivity contribution in [1.29, 1.82) is 0 Å². The van der Waals surface area contributed by atoms with E-state index >= 15 is 0 Å². The van der Waals surface area contributed by atoms with E-state index in [1.807, 2.05) is 0 Å². The molecule has 0 aromatic heterocycles. The van der Waals surface area contributed by atoms with E-state index in [1.165, 1.54) is 7.05 Å². The molecule has 0 aliphatic heterocycles. The lowest BCUT2D eigenvalue weighted by molar-refractivity contribution is -0.119. The summed E-state index contributed by atoms with van der Waals surface area (Å²) in [5, 5.41) is 3.61. The molecule has 0 spiro atoms. The number of allylic oxidation sites excluding steroid dienone is 2. The van der Waals surface area contributed by atoms with Gasteiger partial charge in [-0.05, 0) is 13.0 Å². The Kier molecular flexibility index (Phi) is 5.56. The molecular weight excluding hydrogens is 277 g/mol. The highest BCUT2D eigenvalue weighted by atomic mass is 79.9. The van der Waals surface area contributed by atoms with Gasteiger partial charge < -0.3 is 5.43 Å². The van der Waals surface area contributed by atoms with Crippen LogP contribution in [0.5, 0.6) is 0 Å². The standard InChI is InChI=1S/C8H10BrF3N2O/c1-5(9)7(14-13-2)3-6(4-15)8(10,11)12/h3-5,13H,1-2H3/b6-3+,14-7+. The molecule has 1 N–H and O–H groups in total. The first-order valence-corrected chi connectivity index (χ1v) is 4.87. The Hall–Kier alpha value is -0.850. The van der Waals surface area contributed by atoms with Crippen LogP contribution in [0.2, 0.25) is 0 Å². The molecule has 0 bridgehead atoms. The van der Waals surface area contributed by atoms with Crippen LogP contribution in [-0.4, -0.2) is 30.0 Å². The van der Waals surface area contributed by atoms with Crippen molar-refractivity contribution in [2.45, 2.75) is 17.9 Å². The van der Waals surface area contributed by atoms with E-state index < -0.39 is 11.7 Å². The molecule has 0 radical (unpaired) electrons. The van der Waals surface area contributed by atoms with Gasteiger partial charge in [-0.25, -0.2) is 0 Å². The Labute approximate surface area is 93.5 Å². The third-order valence-corrected chi connectivity index (χ3v) is 1.88. The van der Waals surface area contributed by atoms with Crippen LogP contribution in [0.1, 0.15) is 6.92 Å². The summed E-state index contributed by atoms with van der Waals surface area (Å²) >= 11 is 3.07. The Bertz CT molecular complexity index is 284. The van der Waals surface area contributed by atoms with Crippen molar-refractivity contribution in [3.05, 3.63) is 11.6 Å². The molecule has 15 heavy (non-hydrogen) atoms. The second-order valence-corrected chi connectivity index (χ2v) is 3.97. The van der Waals surface area contributed by atoms with Crippen molar-refractivity contribution < 1.29 is 18.0 Å². The number of alkyl halides is 4. The highest BCUT2D eigenvalue weighted by molar-refractivity contribution is 9.10. The van der Waals surface area contributed by atoms with Crippen molar-refractivity contribution in [2.75, 3.05) is 7.05 Å². The van der Waals surface area contributed by atoms with Crippen LogP contribution in [0.25, 0.3) is 0 Å². The number of hydrogen-bond donors (Lipinski definition) is 1. The molecule has 0 amide bonds. The second-order valence-electron chi connectivity index (χ2n) is 2.59. The zero-order chi connectivity index (χ0) is 12.1. The molecular formula is C8H10BrF3N2O. The van der Waals surface area contributed by atoms with E-state index in [0.717, 1.165) is 0 Å². The van der Waals surface area contributed by atoms with Gasteiger partial charge in [0.1, 0.15) is 0 Å². The lowest BCUT2D eigenvalue weighted by Gasteiger charge is -2.08. The molecule has 0 saturated heterocycles. The Morgan fingerprint density at radius 3 is 2.33 bits per heavy atom. The molecule has 0 fully saturated rings. The topological polar surface area (TPSA) is 41.5 Å². The molecule has 0 heterocycles. The maximum Gasteiger partial charge on any atom is 0.419 e. The zero-order valence-electron chi connectivity index (χ0n) is 8.10. The van der Waals surface area contributed by atoms with Crippen molar-refractivity contribution >= 4 is 27.9 Å². The van der Waals surface area contributed by atoms with Gasteiger partial charge in [-0.1, -0.05) is 15.9 Å². The predicted octanol–water partition coefficient (Wildman–Crippen LogP) is 2.03. The SMILES string of the molecule is CN/N=C(\C=C(/C=O)C(F)(F)F)C(C)Br. The minimum absolute atomic E-state index is 0.0944. The van der Waals surface area contributed by atoms with Gasteiger partial charge in [0.25, 0.3) is 0 Å². The lowest BCUT2D eigenvalue weighted by Crippen LogP contribution is -2.18. The summed E-state index contributed by atoms with van der Waals surface area (Å²) in [7, 11) is 1.46. The van der Waals surface area contributed by atoms with Crippen LogP contribution in [0.15, 0.2) is 16.8 Å². The summed E-state index contributed by atoms with van der Waals surface area (Å²) in [6, 6.07) is 0. The zero-order valence-corrected chi connectivity index (χ0v) is 9.69. The molecule has 7 heteroatoms. The third kappa shape index (κ3) is 4.96. The van der Waals surface area contributed by atoms with Crippen molar-refractivity contribution in [2.24, 2.45) is 5.10 Å². The summed E-state index contributed by atoms with van der Waals surface area (Å²) in [5.41, 5.74) is 1.19. The Balaban J connectivity index is 5.11. The van der Waals surface area contributed by atoms with Crippen LogP contribution < -0.4 is 5.43 Å². The van der Waals surface area contributed by atoms with Crippen LogP contribution >= 0.6 is 15.9 Å².